The molecule has 0 aliphatic carbocycles. The predicted octanol–water partition coefficient (Wildman–Crippen LogP) is 1.24. The largest absolute Gasteiger partial charge is 0.480 e. The second-order valence-corrected chi connectivity index (χ2v) is 3.41. The van der Waals surface area contributed by atoms with Gasteiger partial charge in [-0.25, -0.2) is 4.39 Å². The zero-order valence-corrected chi connectivity index (χ0v) is 8.62. The molecule has 0 radical (unpaired) electrons. The number of hydrogen-bond donors (Lipinski definition) is 2. The molecule has 0 aromatic heterocycles. The normalized spacial score (nSPS) is 10.1. The molecule has 0 unspecified atom stereocenters. The van der Waals surface area contributed by atoms with Crippen LogP contribution in [-0.2, 0) is 4.79 Å². The van der Waals surface area contributed by atoms with Crippen LogP contribution in [0.5, 0.6) is 0 Å². The van der Waals surface area contributed by atoms with Crippen LogP contribution in [0.15, 0.2) is 12.1 Å². The van der Waals surface area contributed by atoms with Crippen molar-refractivity contribution in [2.75, 3.05) is 24.2 Å². The first-order chi connectivity index (χ1) is 6.91. The maximum absolute atomic E-state index is 13.1. The molecule has 0 heterocycles. The molecule has 0 bridgehead atoms. The summed E-state index contributed by atoms with van der Waals surface area (Å²) in [6.45, 7) is 1.43. The Balaban J connectivity index is 3.03. The van der Waals surface area contributed by atoms with Crippen molar-refractivity contribution in [3.63, 3.8) is 0 Å². The van der Waals surface area contributed by atoms with Gasteiger partial charge in [-0.1, -0.05) is 0 Å². The minimum Gasteiger partial charge on any atom is -0.480 e. The van der Waals surface area contributed by atoms with Crippen LogP contribution in [-0.4, -0.2) is 24.7 Å². The van der Waals surface area contributed by atoms with Crippen LogP contribution in [0.1, 0.15) is 5.56 Å². The van der Waals surface area contributed by atoms with Crippen LogP contribution >= 0.6 is 0 Å². The first kappa shape index (κ1) is 11.3. The molecule has 0 amide bonds. The summed E-state index contributed by atoms with van der Waals surface area (Å²) in [5.74, 6) is -1.35. The summed E-state index contributed by atoms with van der Waals surface area (Å²) in [5, 5.41) is 8.60. The van der Waals surface area contributed by atoms with Gasteiger partial charge >= 0.3 is 5.97 Å². The Morgan fingerprint density at radius 3 is 2.73 bits per heavy atom. The molecular weight excluding hydrogens is 199 g/mol. The van der Waals surface area contributed by atoms with Crippen molar-refractivity contribution in [3.8, 4) is 0 Å². The Morgan fingerprint density at radius 1 is 1.60 bits per heavy atom. The molecule has 0 fully saturated rings. The number of likely N-dealkylation sites (N-methyl/N-ethyl adjacent to an activating group) is 1. The van der Waals surface area contributed by atoms with E-state index in [1.807, 2.05) is 0 Å². The molecule has 5 heteroatoms. The van der Waals surface area contributed by atoms with Crippen molar-refractivity contribution < 1.29 is 14.3 Å². The van der Waals surface area contributed by atoms with E-state index in [9.17, 15) is 9.18 Å². The Hall–Kier alpha value is -1.78. The highest BCUT2D eigenvalue weighted by Gasteiger charge is 2.11. The average molecular weight is 212 g/mol. The molecular formula is C10H13FN2O2. The van der Waals surface area contributed by atoms with Crippen LogP contribution in [0.25, 0.3) is 0 Å². The molecule has 0 saturated heterocycles. The van der Waals surface area contributed by atoms with Crippen molar-refractivity contribution in [1.29, 1.82) is 0 Å². The highest BCUT2D eigenvalue weighted by Crippen LogP contribution is 2.25. The van der Waals surface area contributed by atoms with E-state index in [0.29, 0.717) is 11.3 Å². The number of nitrogens with two attached hydrogens (primary N) is 1. The zero-order chi connectivity index (χ0) is 11.6. The maximum Gasteiger partial charge on any atom is 0.323 e. The Kier molecular flexibility index (Phi) is 3.14. The van der Waals surface area contributed by atoms with Crippen molar-refractivity contribution in [1.82, 2.24) is 0 Å². The second kappa shape index (κ2) is 4.16. The fraction of sp³-hybridized carbons (Fsp3) is 0.300. The van der Waals surface area contributed by atoms with Gasteiger partial charge in [0.1, 0.15) is 12.4 Å². The fourth-order valence-electron chi connectivity index (χ4n) is 1.30. The van der Waals surface area contributed by atoms with Crippen molar-refractivity contribution in [2.45, 2.75) is 6.92 Å². The summed E-state index contributed by atoms with van der Waals surface area (Å²) >= 11 is 0. The number of aliphatic carboxylic acids is 1. The smallest absolute Gasteiger partial charge is 0.323 e. The van der Waals surface area contributed by atoms with Gasteiger partial charge in [0.15, 0.2) is 0 Å². The van der Waals surface area contributed by atoms with E-state index in [2.05, 4.69) is 0 Å². The van der Waals surface area contributed by atoms with Crippen LogP contribution in [0.4, 0.5) is 15.8 Å². The number of carboxylic acid groups (broad SMARTS) is 1. The van der Waals surface area contributed by atoms with E-state index in [1.54, 1.807) is 14.0 Å². The van der Waals surface area contributed by atoms with Gasteiger partial charge in [-0.05, 0) is 24.6 Å². The van der Waals surface area contributed by atoms with E-state index >= 15 is 0 Å². The molecule has 15 heavy (non-hydrogen) atoms. The number of carbonyl (C=O) groups is 1. The van der Waals surface area contributed by atoms with Crippen LogP contribution in [0, 0.1) is 12.7 Å². The van der Waals surface area contributed by atoms with Gasteiger partial charge in [0.2, 0.25) is 0 Å². The molecule has 0 saturated carbocycles. The lowest BCUT2D eigenvalue weighted by Crippen LogP contribution is -2.26. The van der Waals surface area contributed by atoms with Crippen LogP contribution in [0.2, 0.25) is 0 Å². The molecule has 82 valence electrons. The molecule has 0 aliphatic heterocycles. The predicted molar refractivity (Wildman–Crippen MR) is 56.5 cm³/mol. The van der Waals surface area contributed by atoms with E-state index in [1.165, 1.54) is 17.0 Å². The Bertz CT molecular complexity index is 393. The molecule has 0 spiro atoms. The Labute approximate surface area is 87.1 Å². The minimum atomic E-state index is -0.959. The second-order valence-electron chi connectivity index (χ2n) is 3.41. The number of rotatable bonds is 3. The van der Waals surface area contributed by atoms with Gasteiger partial charge < -0.3 is 15.7 Å². The number of nitrogen functional groups attached to an aromatic ring is 1. The molecule has 0 atom stereocenters. The topological polar surface area (TPSA) is 66.6 Å². The number of nitrogens with zero attached hydrogens (tertiary/aromatic N) is 1. The van der Waals surface area contributed by atoms with Gasteiger partial charge in [0.25, 0.3) is 0 Å². The third-order valence-corrected chi connectivity index (χ3v) is 2.09. The van der Waals surface area contributed by atoms with Crippen molar-refractivity contribution in [2.24, 2.45) is 0 Å². The quantitative estimate of drug-likeness (QED) is 0.740. The lowest BCUT2D eigenvalue weighted by Gasteiger charge is -2.19. The zero-order valence-electron chi connectivity index (χ0n) is 8.62. The number of anilines is 2. The van der Waals surface area contributed by atoms with E-state index in [4.69, 9.17) is 10.8 Å². The van der Waals surface area contributed by atoms with Gasteiger partial charge in [0, 0.05) is 7.05 Å². The number of carboxylic acids is 1. The van der Waals surface area contributed by atoms with Gasteiger partial charge in [0.05, 0.1) is 11.4 Å². The monoisotopic (exact) mass is 212 g/mol. The summed E-state index contributed by atoms with van der Waals surface area (Å²) in [5.41, 5.74) is 6.80. The summed E-state index contributed by atoms with van der Waals surface area (Å²) in [6.07, 6.45) is 0. The van der Waals surface area contributed by atoms with Crippen LogP contribution in [0.3, 0.4) is 0 Å². The summed E-state index contributed by atoms with van der Waals surface area (Å²) < 4.78 is 13.1. The molecule has 1 rings (SSSR count). The molecule has 3 N–H and O–H groups in total. The standard InChI is InChI=1S/C10H13FN2O2/c1-6-3-9(8(12)4-7(6)11)13(2)5-10(14)15/h3-4H,5,12H2,1-2H3,(H,14,15). The highest BCUT2D eigenvalue weighted by atomic mass is 19.1. The number of aryl methyl sites for hydroxylation is 1. The first-order valence-corrected chi connectivity index (χ1v) is 4.40. The lowest BCUT2D eigenvalue weighted by molar-refractivity contribution is -0.135. The third kappa shape index (κ3) is 2.59. The highest BCUT2D eigenvalue weighted by molar-refractivity contribution is 5.77. The average Bonchev–Trinajstić information content (AvgIpc) is 2.09. The Morgan fingerprint density at radius 2 is 2.20 bits per heavy atom. The van der Waals surface area contributed by atoms with Gasteiger partial charge in [-0.2, -0.15) is 0 Å². The molecule has 0 aliphatic rings. The molecule has 1 aromatic rings. The van der Waals surface area contributed by atoms with Gasteiger partial charge in [-0.15, -0.1) is 0 Å². The van der Waals surface area contributed by atoms with E-state index < -0.39 is 5.97 Å². The summed E-state index contributed by atoms with van der Waals surface area (Å²) in [7, 11) is 1.59. The van der Waals surface area contributed by atoms with E-state index in [0.717, 1.165) is 0 Å². The summed E-state index contributed by atoms with van der Waals surface area (Å²) in [4.78, 5) is 12.0. The summed E-state index contributed by atoms with van der Waals surface area (Å²) in [6, 6.07) is 2.73. The number of benzene rings is 1. The van der Waals surface area contributed by atoms with Crippen LogP contribution < -0.4 is 10.6 Å². The lowest BCUT2D eigenvalue weighted by atomic mass is 10.1. The fourth-order valence-corrected chi connectivity index (χ4v) is 1.30. The van der Waals surface area contributed by atoms with Crippen molar-refractivity contribution in [3.05, 3.63) is 23.5 Å². The number of halogens is 1. The van der Waals surface area contributed by atoms with E-state index in [-0.39, 0.29) is 18.0 Å². The third-order valence-electron chi connectivity index (χ3n) is 2.09. The maximum atomic E-state index is 13.1. The number of hydrogen-bond acceptors (Lipinski definition) is 3. The first-order valence-electron chi connectivity index (χ1n) is 4.40. The van der Waals surface area contributed by atoms with Crippen molar-refractivity contribution >= 4 is 17.3 Å². The SMILES string of the molecule is Cc1cc(N(C)CC(=O)O)c(N)cc1F. The van der Waals surface area contributed by atoms with Gasteiger partial charge in [-0.3, -0.25) is 4.79 Å². The molecule has 4 nitrogen and oxygen atoms in total. The minimum absolute atomic E-state index is 0.171. The molecule has 1 aromatic carbocycles.